The molecule has 0 bridgehead atoms. The fraction of sp³-hybridized carbons (Fsp3) is 0.474. The van der Waals surface area contributed by atoms with Crippen LogP contribution < -0.4 is 4.18 Å². The average molecular weight is 362 g/mol. The molecule has 0 amide bonds. The van der Waals surface area contributed by atoms with Gasteiger partial charge in [0.15, 0.2) is 0 Å². The number of rotatable bonds is 6. The molecule has 0 unspecified atom stereocenters. The van der Waals surface area contributed by atoms with E-state index in [-0.39, 0.29) is 22.6 Å². The molecule has 6 heteroatoms. The van der Waals surface area contributed by atoms with Gasteiger partial charge in [-0.2, -0.15) is 8.42 Å². The number of aromatic nitrogens is 2. The smallest absolute Gasteiger partial charge is 0.341 e. The lowest BCUT2D eigenvalue weighted by atomic mass is 9.89. The molecule has 1 aromatic heterocycles. The molecule has 2 rings (SSSR count). The van der Waals surface area contributed by atoms with Gasteiger partial charge >= 0.3 is 10.1 Å². The molecule has 0 fully saturated rings. The van der Waals surface area contributed by atoms with Crippen molar-refractivity contribution in [3.8, 4) is 5.88 Å². The predicted octanol–water partition coefficient (Wildman–Crippen LogP) is 4.61. The molecule has 0 saturated heterocycles. The fourth-order valence-electron chi connectivity index (χ4n) is 2.66. The maximum Gasteiger partial charge on any atom is 0.341 e. The molecule has 0 N–H and O–H groups in total. The molecular weight excluding hydrogens is 336 g/mol. The maximum atomic E-state index is 13.1. The summed E-state index contributed by atoms with van der Waals surface area (Å²) in [6.07, 6.45) is 2.71. The Morgan fingerprint density at radius 3 is 1.88 bits per heavy atom. The minimum Gasteiger partial charge on any atom is -0.358 e. The van der Waals surface area contributed by atoms with Gasteiger partial charge in [-0.3, -0.25) is 0 Å². The second-order valence-electron chi connectivity index (χ2n) is 7.08. The average Bonchev–Trinajstić information content (AvgIpc) is 2.53. The number of hydrogen-bond donors (Lipinski definition) is 0. The quantitative estimate of drug-likeness (QED) is 0.702. The topological polar surface area (TPSA) is 69.2 Å². The zero-order valence-electron chi connectivity index (χ0n) is 15.6. The standard InChI is InChI=1S/C19H26N2O3S/c1-12(2)15-9-16(13(3)4)19(17(10-15)14(5)6)25(22,23)24-18-7-8-20-11-21-18/h7-14H,1-6H3. The van der Waals surface area contributed by atoms with Crippen LogP contribution >= 0.6 is 0 Å². The first-order valence-electron chi connectivity index (χ1n) is 8.51. The van der Waals surface area contributed by atoms with Crippen LogP contribution in [0.2, 0.25) is 0 Å². The molecule has 0 spiro atoms. The highest BCUT2D eigenvalue weighted by Gasteiger charge is 2.29. The lowest BCUT2D eigenvalue weighted by Crippen LogP contribution is -2.17. The zero-order valence-corrected chi connectivity index (χ0v) is 16.5. The second-order valence-corrected chi connectivity index (χ2v) is 8.56. The van der Waals surface area contributed by atoms with Crippen molar-refractivity contribution in [2.45, 2.75) is 64.2 Å². The van der Waals surface area contributed by atoms with Crippen molar-refractivity contribution in [1.29, 1.82) is 0 Å². The summed E-state index contributed by atoms with van der Waals surface area (Å²) >= 11 is 0. The minimum absolute atomic E-state index is 0.0207. The second kappa shape index (κ2) is 7.52. The van der Waals surface area contributed by atoms with Crippen molar-refractivity contribution in [1.82, 2.24) is 9.97 Å². The van der Waals surface area contributed by atoms with Crippen LogP contribution in [-0.4, -0.2) is 18.4 Å². The van der Waals surface area contributed by atoms with E-state index in [2.05, 4.69) is 23.8 Å². The zero-order chi connectivity index (χ0) is 18.8. The van der Waals surface area contributed by atoms with Crippen molar-refractivity contribution >= 4 is 10.1 Å². The first-order valence-corrected chi connectivity index (χ1v) is 9.92. The van der Waals surface area contributed by atoms with Crippen LogP contribution in [0.1, 0.15) is 76.0 Å². The molecular formula is C19H26N2O3S. The van der Waals surface area contributed by atoms with Gasteiger partial charge in [0.05, 0.1) is 0 Å². The van der Waals surface area contributed by atoms with Crippen molar-refractivity contribution in [2.75, 3.05) is 0 Å². The van der Waals surface area contributed by atoms with Crippen LogP contribution in [0.3, 0.4) is 0 Å². The molecule has 0 radical (unpaired) electrons. The molecule has 0 aliphatic rings. The largest absolute Gasteiger partial charge is 0.358 e. The third-order valence-corrected chi connectivity index (χ3v) is 5.44. The summed E-state index contributed by atoms with van der Waals surface area (Å²) in [5.41, 5.74) is 2.70. The van der Waals surface area contributed by atoms with E-state index in [1.165, 1.54) is 18.6 Å². The SMILES string of the molecule is CC(C)c1cc(C(C)C)c(S(=O)(=O)Oc2ccncn2)c(C(C)C)c1. The van der Waals surface area contributed by atoms with Crippen molar-refractivity contribution in [3.05, 3.63) is 47.4 Å². The Morgan fingerprint density at radius 2 is 1.48 bits per heavy atom. The van der Waals surface area contributed by atoms with Gasteiger partial charge in [0.25, 0.3) is 0 Å². The van der Waals surface area contributed by atoms with E-state index in [0.717, 1.165) is 16.7 Å². The van der Waals surface area contributed by atoms with E-state index in [4.69, 9.17) is 4.18 Å². The Bertz CT molecular complexity index is 800. The predicted molar refractivity (Wildman–Crippen MR) is 98.6 cm³/mol. The Morgan fingerprint density at radius 1 is 0.920 bits per heavy atom. The van der Waals surface area contributed by atoms with Gasteiger partial charge in [-0.15, -0.1) is 0 Å². The molecule has 0 atom stereocenters. The summed E-state index contributed by atoms with van der Waals surface area (Å²) < 4.78 is 31.4. The first kappa shape index (κ1) is 19.4. The van der Waals surface area contributed by atoms with Gasteiger partial charge in [0.2, 0.25) is 5.88 Å². The molecule has 1 aromatic carbocycles. The van der Waals surface area contributed by atoms with Crippen molar-refractivity contribution in [2.24, 2.45) is 0 Å². The monoisotopic (exact) mass is 362 g/mol. The summed E-state index contributed by atoms with van der Waals surface area (Å²) in [4.78, 5) is 7.92. The summed E-state index contributed by atoms with van der Waals surface area (Å²) in [6, 6.07) is 5.40. The third kappa shape index (κ3) is 4.37. The van der Waals surface area contributed by atoms with E-state index in [1.807, 2.05) is 39.8 Å². The maximum absolute atomic E-state index is 13.1. The molecule has 136 valence electrons. The van der Waals surface area contributed by atoms with Crippen LogP contribution in [0.4, 0.5) is 0 Å². The van der Waals surface area contributed by atoms with Crippen LogP contribution in [0.15, 0.2) is 35.6 Å². The van der Waals surface area contributed by atoms with Gasteiger partial charge < -0.3 is 4.18 Å². The molecule has 5 nitrogen and oxygen atoms in total. The summed E-state index contributed by atoms with van der Waals surface area (Å²) in [5, 5.41) is 0. The van der Waals surface area contributed by atoms with Gasteiger partial charge in [-0.25, -0.2) is 9.97 Å². The number of hydrogen-bond acceptors (Lipinski definition) is 5. The highest BCUT2D eigenvalue weighted by molar-refractivity contribution is 7.87. The number of nitrogens with zero attached hydrogens (tertiary/aromatic N) is 2. The highest BCUT2D eigenvalue weighted by atomic mass is 32.2. The van der Waals surface area contributed by atoms with E-state index >= 15 is 0 Å². The Labute approximate surface area is 150 Å². The van der Waals surface area contributed by atoms with E-state index in [1.54, 1.807) is 0 Å². The highest BCUT2D eigenvalue weighted by Crippen LogP contribution is 2.36. The van der Waals surface area contributed by atoms with E-state index in [0.29, 0.717) is 5.92 Å². The van der Waals surface area contributed by atoms with Gasteiger partial charge in [-0.1, -0.05) is 53.7 Å². The van der Waals surface area contributed by atoms with Crippen LogP contribution in [-0.2, 0) is 10.1 Å². The summed E-state index contributed by atoms with van der Waals surface area (Å²) in [6.45, 7) is 12.2. The Kier molecular flexibility index (Phi) is 5.83. The molecule has 0 saturated carbocycles. The molecule has 25 heavy (non-hydrogen) atoms. The van der Waals surface area contributed by atoms with Crippen molar-refractivity contribution < 1.29 is 12.6 Å². The van der Waals surface area contributed by atoms with Crippen LogP contribution in [0.5, 0.6) is 5.88 Å². The molecule has 1 heterocycles. The molecule has 0 aliphatic carbocycles. The van der Waals surface area contributed by atoms with Gasteiger partial charge in [0.1, 0.15) is 11.2 Å². The van der Waals surface area contributed by atoms with Gasteiger partial charge in [0, 0.05) is 12.3 Å². The van der Waals surface area contributed by atoms with Crippen molar-refractivity contribution in [3.63, 3.8) is 0 Å². The normalized spacial score (nSPS) is 12.2. The lowest BCUT2D eigenvalue weighted by molar-refractivity contribution is 0.471. The summed E-state index contributed by atoms with van der Waals surface area (Å²) in [5.74, 6) is 0.437. The van der Waals surface area contributed by atoms with E-state index < -0.39 is 10.1 Å². The Hall–Kier alpha value is -1.95. The molecule has 0 aliphatic heterocycles. The van der Waals surface area contributed by atoms with E-state index in [9.17, 15) is 8.42 Å². The van der Waals surface area contributed by atoms with Crippen LogP contribution in [0.25, 0.3) is 0 Å². The molecule has 2 aromatic rings. The lowest BCUT2D eigenvalue weighted by Gasteiger charge is -2.22. The Balaban J connectivity index is 2.69. The van der Waals surface area contributed by atoms with Crippen LogP contribution in [0, 0.1) is 0 Å². The first-order chi connectivity index (χ1) is 11.6. The summed E-state index contributed by atoms with van der Waals surface area (Å²) in [7, 11) is -4.00. The fourth-order valence-corrected chi connectivity index (χ4v) is 4.23. The van der Waals surface area contributed by atoms with Gasteiger partial charge in [-0.05, 0) is 34.4 Å². The minimum atomic E-state index is -4.00. The third-order valence-electron chi connectivity index (χ3n) is 4.08. The number of benzene rings is 1.